The molecule has 1 aliphatic rings. The van der Waals surface area contributed by atoms with E-state index in [1.165, 1.54) is 0 Å². The zero-order chi connectivity index (χ0) is 7.68. The summed E-state index contributed by atoms with van der Waals surface area (Å²) < 4.78 is 5.05. The highest BCUT2D eigenvalue weighted by atomic mass is 35.5. The summed E-state index contributed by atoms with van der Waals surface area (Å²) in [5.74, 6) is 0.466. The summed E-state index contributed by atoms with van der Waals surface area (Å²) in [6.07, 6.45) is 1.73. The van der Waals surface area contributed by atoms with Gasteiger partial charge in [-0.3, -0.25) is 4.98 Å². The van der Waals surface area contributed by atoms with Crippen LogP contribution in [-0.4, -0.2) is 18.2 Å². The van der Waals surface area contributed by atoms with Crippen LogP contribution in [0, 0.1) is 0 Å². The highest BCUT2D eigenvalue weighted by Gasteiger charge is 2.21. The van der Waals surface area contributed by atoms with Gasteiger partial charge in [-0.25, -0.2) is 0 Å². The summed E-state index contributed by atoms with van der Waals surface area (Å²) in [4.78, 5) is 4.20. The molecule has 1 fully saturated rings. The molecule has 0 spiro atoms. The third-order valence-corrected chi connectivity index (χ3v) is 2.03. The van der Waals surface area contributed by atoms with Crippen LogP contribution in [0.15, 0.2) is 18.3 Å². The maximum Gasteiger partial charge on any atom is 0.0572 e. The predicted molar refractivity (Wildman–Crippen MR) is 42.8 cm³/mol. The second-order valence-electron chi connectivity index (χ2n) is 2.63. The van der Waals surface area contributed by atoms with Crippen LogP contribution >= 0.6 is 11.6 Å². The van der Waals surface area contributed by atoms with Crippen LogP contribution in [-0.2, 0) is 4.74 Å². The fraction of sp³-hybridized carbons (Fsp3) is 0.375. The Morgan fingerprint density at radius 2 is 2.36 bits per heavy atom. The lowest BCUT2D eigenvalue weighted by molar-refractivity contribution is 0.00672. The minimum absolute atomic E-state index is 0.466. The summed E-state index contributed by atoms with van der Waals surface area (Å²) in [7, 11) is 0. The number of hydrogen-bond donors (Lipinski definition) is 0. The zero-order valence-corrected chi connectivity index (χ0v) is 6.71. The van der Waals surface area contributed by atoms with E-state index in [9.17, 15) is 0 Å². The first-order chi connectivity index (χ1) is 5.36. The van der Waals surface area contributed by atoms with Gasteiger partial charge in [0.2, 0.25) is 0 Å². The quantitative estimate of drug-likeness (QED) is 0.640. The van der Waals surface area contributed by atoms with E-state index in [1.807, 2.05) is 6.07 Å². The molecule has 0 amide bonds. The smallest absolute Gasteiger partial charge is 0.0572 e. The molecule has 2 heterocycles. The van der Waals surface area contributed by atoms with E-state index in [4.69, 9.17) is 16.3 Å². The van der Waals surface area contributed by atoms with E-state index < -0.39 is 0 Å². The third-order valence-electron chi connectivity index (χ3n) is 1.80. The Bertz CT molecular complexity index is 260. The van der Waals surface area contributed by atoms with Gasteiger partial charge in [-0.1, -0.05) is 11.6 Å². The highest BCUT2D eigenvalue weighted by Crippen LogP contribution is 2.23. The maximum atomic E-state index is 5.79. The van der Waals surface area contributed by atoms with Crippen LogP contribution in [0.5, 0.6) is 0 Å². The van der Waals surface area contributed by atoms with E-state index in [1.54, 1.807) is 12.3 Å². The number of aromatic nitrogens is 1. The Kier molecular flexibility index (Phi) is 1.80. The molecule has 0 bridgehead atoms. The Morgan fingerprint density at radius 1 is 1.55 bits per heavy atom. The molecular weight excluding hydrogens is 162 g/mol. The second kappa shape index (κ2) is 2.80. The Hall–Kier alpha value is -0.600. The van der Waals surface area contributed by atoms with Crippen molar-refractivity contribution in [3.05, 3.63) is 29.0 Å². The van der Waals surface area contributed by atoms with Crippen LogP contribution in [0.25, 0.3) is 0 Å². The van der Waals surface area contributed by atoms with E-state index in [0.717, 1.165) is 23.9 Å². The summed E-state index contributed by atoms with van der Waals surface area (Å²) >= 11 is 5.79. The van der Waals surface area contributed by atoms with E-state index in [0.29, 0.717) is 5.92 Å². The van der Waals surface area contributed by atoms with Crippen molar-refractivity contribution in [3.8, 4) is 0 Å². The van der Waals surface area contributed by atoms with Gasteiger partial charge in [0.25, 0.3) is 0 Å². The van der Waals surface area contributed by atoms with Gasteiger partial charge in [0.15, 0.2) is 0 Å². The molecule has 1 aromatic rings. The van der Waals surface area contributed by atoms with Gasteiger partial charge in [0, 0.05) is 22.8 Å². The van der Waals surface area contributed by atoms with Crippen molar-refractivity contribution < 1.29 is 4.74 Å². The van der Waals surface area contributed by atoms with Crippen molar-refractivity contribution in [2.75, 3.05) is 13.2 Å². The molecule has 0 aliphatic carbocycles. The molecule has 1 aliphatic heterocycles. The first-order valence-corrected chi connectivity index (χ1v) is 3.93. The SMILES string of the molecule is Clc1ccnc(C2COC2)c1. The van der Waals surface area contributed by atoms with Gasteiger partial charge >= 0.3 is 0 Å². The largest absolute Gasteiger partial charge is 0.380 e. The van der Waals surface area contributed by atoms with Gasteiger partial charge in [-0.15, -0.1) is 0 Å². The molecule has 1 aromatic heterocycles. The highest BCUT2D eigenvalue weighted by molar-refractivity contribution is 6.30. The lowest BCUT2D eigenvalue weighted by Gasteiger charge is -2.25. The van der Waals surface area contributed by atoms with Gasteiger partial charge < -0.3 is 4.74 Å². The number of halogens is 1. The lowest BCUT2D eigenvalue weighted by atomic mass is 10.0. The summed E-state index contributed by atoms with van der Waals surface area (Å²) in [5, 5.41) is 0.752. The van der Waals surface area contributed by atoms with Crippen molar-refractivity contribution in [2.24, 2.45) is 0 Å². The summed E-state index contributed by atoms with van der Waals surface area (Å²) in [6.45, 7) is 1.57. The normalized spacial score (nSPS) is 17.9. The molecule has 58 valence electrons. The van der Waals surface area contributed by atoms with Crippen LogP contribution in [0.2, 0.25) is 5.02 Å². The fourth-order valence-electron chi connectivity index (χ4n) is 1.05. The molecule has 1 saturated heterocycles. The number of rotatable bonds is 1. The number of ether oxygens (including phenoxy) is 1. The van der Waals surface area contributed by atoms with Gasteiger partial charge in [0.1, 0.15) is 0 Å². The molecule has 2 nitrogen and oxygen atoms in total. The minimum Gasteiger partial charge on any atom is -0.380 e. The molecule has 11 heavy (non-hydrogen) atoms. The monoisotopic (exact) mass is 169 g/mol. The molecule has 0 radical (unpaired) electrons. The average molecular weight is 170 g/mol. The van der Waals surface area contributed by atoms with Crippen molar-refractivity contribution in [3.63, 3.8) is 0 Å². The van der Waals surface area contributed by atoms with Crippen LogP contribution in [0.4, 0.5) is 0 Å². The van der Waals surface area contributed by atoms with Crippen LogP contribution in [0.1, 0.15) is 11.6 Å². The van der Waals surface area contributed by atoms with Gasteiger partial charge in [-0.2, -0.15) is 0 Å². The Balaban J connectivity index is 2.23. The van der Waals surface area contributed by atoms with Crippen molar-refractivity contribution in [1.82, 2.24) is 4.98 Å². The number of hydrogen-bond acceptors (Lipinski definition) is 2. The molecule has 0 atom stereocenters. The first-order valence-electron chi connectivity index (χ1n) is 3.55. The summed E-state index contributed by atoms with van der Waals surface area (Å²) in [5.41, 5.74) is 1.05. The molecule has 0 aromatic carbocycles. The topological polar surface area (TPSA) is 22.1 Å². The number of nitrogens with zero attached hydrogens (tertiary/aromatic N) is 1. The van der Waals surface area contributed by atoms with Crippen molar-refractivity contribution >= 4 is 11.6 Å². The van der Waals surface area contributed by atoms with E-state index >= 15 is 0 Å². The Labute approximate surface area is 70.2 Å². The first kappa shape index (κ1) is 7.07. The van der Waals surface area contributed by atoms with E-state index in [2.05, 4.69) is 4.98 Å². The van der Waals surface area contributed by atoms with Gasteiger partial charge in [-0.05, 0) is 12.1 Å². The third kappa shape index (κ3) is 1.37. The standard InChI is InChI=1S/C8H8ClNO/c9-7-1-2-10-8(3-7)6-4-11-5-6/h1-3,6H,4-5H2. The molecule has 0 saturated carbocycles. The predicted octanol–water partition coefficient (Wildman–Crippen LogP) is 1.85. The fourth-order valence-corrected chi connectivity index (χ4v) is 1.22. The number of pyridine rings is 1. The van der Waals surface area contributed by atoms with Crippen LogP contribution < -0.4 is 0 Å². The molecule has 0 unspecified atom stereocenters. The lowest BCUT2D eigenvalue weighted by Crippen LogP contribution is -2.25. The second-order valence-corrected chi connectivity index (χ2v) is 3.07. The van der Waals surface area contributed by atoms with E-state index in [-0.39, 0.29) is 0 Å². The maximum absolute atomic E-state index is 5.79. The summed E-state index contributed by atoms with van der Waals surface area (Å²) in [6, 6.07) is 3.68. The van der Waals surface area contributed by atoms with Crippen LogP contribution in [0.3, 0.4) is 0 Å². The molecule has 0 N–H and O–H groups in total. The molecular formula is C8H8ClNO. The average Bonchev–Trinajstić information content (AvgIpc) is 1.83. The molecule has 2 rings (SSSR count). The zero-order valence-electron chi connectivity index (χ0n) is 5.96. The Morgan fingerprint density at radius 3 is 2.91 bits per heavy atom. The molecule has 3 heteroatoms. The van der Waals surface area contributed by atoms with Crippen molar-refractivity contribution in [1.29, 1.82) is 0 Å². The van der Waals surface area contributed by atoms with Crippen molar-refractivity contribution in [2.45, 2.75) is 5.92 Å². The minimum atomic E-state index is 0.466. The van der Waals surface area contributed by atoms with Gasteiger partial charge in [0.05, 0.1) is 13.2 Å².